The Labute approximate surface area is 180 Å². The molecular formula is C21H24N4O3S2. The zero-order valence-corrected chi connectivity index (χ0v) is 18.8. The highest BCUT2D eigenvalue weighted by Gasteiger charge is 2.27. The minimum absolute atomic E-state index is 0.150. The van der Waals surface area contributed by atoms with Gasteiger partial charge >= 0.3 is 0 Å². The molecule has 2 aromatic carbocycles. The van der Waals surface area contributed by atoms with Gasteiger partial charge in [-0.05, 0) is 30.5 Å². The molecule has 1 unspecified atom stereocenters. The van der Waals surface area contributed by atoms with E-state index in [2.05, 4.69) is 20.2 Å². The van der Waals surface area contributed by atoms with E-state index in [0.29, 0.717) is 0 Å². The molecule has 7 nitrogen and oxygen atoms in total. The number of carbonyl (C=O) groups is 1. The van der Waals surface area contributed by atoms with Crippen molar-refractivity contribution < 1.29 is 13.2 Å². The van der Waals surface area contributed by atoms with Gasteiger partial charge in [0.15, 0.2) is 0 Å². The molecule has 0 aliphatic rings. The smallest absolute Gasteiger partial charge is 0.270 e. The Bertz CT molecular complexity index is 1140. The molecule has 0 spiro atoms. The number of aromatic nitrogens is 2. The number of nitrogens with zero attached hydrogens (tertiary/aromatic N) is 2. The normalized spacial score (nSPS) is 12.7. The Balaban J connectivity index is 1.94. The lowest BCUT2D eigenvalue weighted by atomic mass is 9.95. The number of benzene rings is 2. The molecule has 158 valence electrons. The van der Waals surface area contributed by atoms with E-state index in [1.165, 1.54) is 0 Å². The lowest BCUT2D eigenvalue weighted by Gasteiger charge is -2.21. The van der Waals surface area contributed by atoms with Gasteiger partial charge < -0.3 is 5.32 Å². The molecule has 0 aliphatic heterocycles. The van der Waals surface area contributed by atoms with Crippen LogP contribution in [0, 0.1) is 19.8 Å². The molecule has 30 heavy (non-hydrogen) atoms. The third-order valence-electron chi connectivity index (χ3n) is 4.53. The maximum atomic E-state index is 13.1. The fourth-order valence-electron chi connectivity index (χ4n) is 2.93. The van der Waals surface area contributed by atoms with Crippen molar-refractivity contribution in [1.29, 1.82) is 0 Å². The van der Waals surface area contributed by atoms with E-state index in [4.69, 9.17) is 0 Å². The van der Waals surface area contributed by atoms with Crippen LogP contribution in [0.5, 0.6) is 0 Å². The standard InChI is InChI=1S/C21H24N4O3S2/c1-13(2)19(26)22-20-23-24-21(29-20)30(27,28)25-18(16-8-6-5-7-9-16)17-11-10-14(3)12-15(17)4/h5-13,18,25H,1-4H3,(H,22,23,26). The van der Waals surface area contributed by atoms with Crippen molar-refractivity contribution in [3.63, 3.8) is 0 Å². The van der Waals surface area contributed by atoms with E-state index in [1.54, 1.807) is 13.8 Å². The van der Waals surface area contributed by atoms with Gasteiger partial charge in [-0.3, -0.25) is 4.79 Å². The molecule has 0 aliphatic carbocycles. The molecule has 2 N–H and O–H groups in total. The molecule has 0 radical (unpaired) electrons. The maximum absolute atomic E-state index is 13.1. The predicted octanol–water partition coefficient (Wildman–Crippen LogP) is 3.82. The molecule has 1 aromatic heterocycles. The van der Waals surface area contributed by atoms with Gasteiger partial charge in [-0.25, -0.2) is 8.42 Å². The van der Waals surface area contributed by atoms with Gasteiger partial charge in [0, 0.05) is 5.92 Å². The zero-order valence-electron chi connectivity index (χ0n) is 17.2. The van der Waals surface area contributed by atoms with Crippen LogP contribution in [-0.4, -0.2) is 24.5 Å². The first-order valence-electron chi connectivity index (χ1n) is 9.46. The van der Waals surface area contributed by atoms with E-state index >= 15 is 0 Å². The van der Waals surface area contributed by atoms with Crippen LogP contribution in [0.1, 0.15) is 42.1 Å². The van der Waals surface area contributed by atoms with Gasteiger partial charge in [0.2, 0.25) is 15.4 Å². The summed E-state index contributed by atoms with van der Waals surface area (Å²) in [7, 11) is -3.97. The van der Waals surface area contributed by atoms with Crippen molar-refractivity contribution in [2.45, 2.75) is 38.1 Å². The quantitative estimate of drug-likeness (QED) is 0.540. The van der Waals surface area contributed by atoms with Gasteiger partial charge in [0.25, 0.3) is 10.0 Å². The minimum Gasteiger partial charge on any atom is -0.300 e. The topological polar surface area (TPSA) is 101 Å². The summed E-state index contributed by atoms with van der Waals surface area (Å²) in [5, 5.41) is 10.3. The Morgan fingerprint density at radius 1 is 1.03 bits per heavy atom. The van der Waals surface area contributed by atoms with Crippen LogP contribution < -0.4 is 10.0 Å². The number of carbonyl (C=O) groups excluding carboxylic acids is 1. The highest BCUT2D eigenvalue weighted by molar-refractivity contribution is 7.91. The van der Waals surface area contributed by atoms with Crippen LogP contribution in [0.25, 0.3) is 0 Å². The zero-order chi connectivity index (χ0) is 21.9. The highest BCUT2D eigenvalue weighted by Crippen LogP contribution is 2.29. The first-order chi connectivity index (χ1) is 14.2. The molecule has 1 heterocycles. The third-order valence-corrected chi connectivity index (χ3v) is 7.16. The lowest BCUT2D eigenvalue weighted by Crippen LogP contribution is -2.30. The van der Waals surface area contributed by atoms with Crippen LogP contribution in [0.4, 0.5) is 5.13 Å². The van der Waals surface area contributed by atoms with Crippen molar-refractivity contribution in [2.75, 3.05) is 5.32 Å². The van der Waals surface area contributed by atoms with Crippen LogP contribution in [0.2, 0.25) is 0 Å². The van der Waals surface area contributed by atoms with Crippen LogP contribution in [0.3, 0.4) is 0 Å². The van der Waals surface area contributed by atoms with Crippen LogP contribution in [0.15, 0.2) is 52.9 Å². The van der Waals surface area contributed by atoms with Gasteiger partial charge in [0.1, 0.15) is 0 Å². The number of nitrogens with one attached hydrogen (secondary N) is 2. The van der Waals surface area contributed by atoms with E-state index < -0.39 is 16.1 Å². The largest absolute Gasteiger partial charge is 0.300 e. The van der Waals surface area contributed by atoms with Crippen molar-refractivity contribution in [1.82, 2.24) is 14.9 Å². The Kier molecular flexibility index (Phi) is 6.64. The molecule has 1 atom stereocenters. The Morgan fingerprint density at radius 2 is 1.73 bits per heavy atom. The van der Waals surface area contributed by atoms with Crippen LogP contribution in [-0.2, 0) is 14.8 Å². The third kappa shape index (κ3) is 5.10. The number of rotatable bonds is 7. The summed E-state index contributed by atoms with van der Waals surface area (Å²) in [5.41, 5.74) is 3.74. The van der Waals surface area contributed by atoms with E-state index in [0.717, 1.165) is 33.6 Å². The SMILES string of the molecule is Cc1ccc(C(NS(=O)(=O)c2nnc(NC(=O)C(C)C)s2)c2ccccc2)c(C)c1. The maximum Gasteiger partial charge on any atom is 0.270 e. The van der Waals surface area contributed by atoms with Crippen molar-refractivity contribution in [3.05, 3.63) is 70.8 Å². The Hall–Kier alpha value is -2.62. The number of amides is 1. The predicted molar refractivity (Wildman–Crippen MR) is 118 cm³/mol. The van der Waals surface area contributed by atoms with E-state index in [9.17, 15) is 13.2 Å². The van der Waals surface area contributed by atoms with Gasteiger partial charge in [-0.2, -0.15) is 4.72 Å². The summed E-state index contributed by atoms with van der Waals surface area (Å²) < 4.78 is 28.7. The molecule has 0 fully saturated rings. The first-order valence-corrected chi connectivity index (χ1v) is 11.8. The molecule has 9 heteroatoms. The fraction of sp³-hybridized carbons (Fsp3) is 0.286. The summed E-state index contributed by atoms with van der Waals surface area (Å²) >= 11 is 0.820. The second-order valence-electron chi connectivity index (χ2n) is 7.34. The average Bonchev–Trinajstić information content (AvgIpc) is 3.17. The second-order valence-corrected chi connectivity index (χ2v) is 10.2. The molecule has 3 rings (SSSR count). The number of sulfonamides is 1. The van der Waals surface area contributed by atoms with Gasteiger partial charge in [0.05, 0.1) is 6.04 Å². The monoisotopic (exact) mass is 444 g/mol. The minimum atomic E-state index is -3.97. The molecule has 1 amide bonds. The van der Waals surface area contributed by atoms with Crippen molar-refractivity contribution >= 4 is 32.4 Å². The Morgan fingerprint density at radius 3 is 2.37 bits per heavy atom. The highest BCUT2D eigenvalue weighted by atomic mass is 32.2. The molecule has 0 saturated carbocycles. The van der Waals surface area contributed by atoms with E-state index in [-0.39, 0.29) is 21.3 Å². The molecule has 0 bridgehead atoms. The summed E-state index contributed by atoms with van der Waals surface area (Å²) in [6.45, 7) is 7.43. The summed E-state index contributed by atoms with van der Waals surface area (Å²) in [6.07, 6.45) is 0. The number of anilines is 1. The fourth-order valence-corrected chi connectivity index (χ4v) is 5.05. The molecular weight excluding hydrogens is 420 g/mol. The molecule has 3 aromatic rings. The summed E-state index contributed by atoms with van der Waals surface area (Å²) in [6, 6.07) is 14.7. The average molecular weight is 445 g/mol. The first kappa shape index (κ1) is 22.1. The second kappa shape index (κ2) is 9.03. The van der Waals surface area contributed by atoms with Gasteiger partial charge in [-0.15, -0.1) is 10.2 Å². The number of aryl methyl sites for hydroxylation is 2. The van der Waals surface area contributed by atoms with Crippen molar-refractivity contribution in [2.24, 2.45) is 5.92 Å². The number of hydrogen-bond acceptors (Lipinski definition) is 6. The van der Waals surface area contributed by atoms with E-state index in [1.807, 2.05) is 62.4 Å². The lowest BCUT2D eigenvalue weighted by molar-refractivity contribution is -0.118. The summed E-state index contributed by atoms with van der Waals surface area (Å²) in [5.74, 6) is -0.500. The van der Waals surface area contributed by atoms with Crippen LogP contribution >= 0.6 is 11.3 Å². The van der Waals surface area contributed by atoms with Gasteiger partial charge in [-0.1, -0.05) is 79.3 Å². The molecule has 0 saturated heterocycles. The number of hydrogen-bond donors (Lipinski definition) is 2. The summed E-state index contributed by atoms with van der Waals surface area (Å²) in [4.78, 5) is 11.8. The van der Waals surface area contributed by atoms with Crippen molar-refractivity contribution in [3.8, 4) is 0 Å².